The molecule has 3 nitrogen and oxygen atoms in total. The van der Waals surface area contributed by atoms with Crippen molar-refractivity contribution in [2.45, 2.75) is 30.4 Å². The van der Waals surface area contributed by atoms with Crippen LogP contribution >= 0.6 is 11.8 Å². The predicted octanol–water partition coefficient (Wildman–Crippen LogP) is 2.15. The molecule has 1 saturated heterocycles. The zero-order chi connectivity index (χ0) is 10.5. The zero-order valence-electron chi connectivity index (χ0n) is 8.78. The number of nitrogens with two attached hydrogens (primary N) is 1. The van der Waals surface area contributed by atoms with Crippen molar-refractivity contribution in [2.75, 3.05) is 13.2 Å². The van der Waals surface area contributed by atoms with Gasteiger partial charge in [0.2, 0.25) is 0 Å². The van der Waals surface area contributed by atoms with E-state index in [1.807, 2.05) is 23.9 Å². The largest absolute Gasteiger partial charge is 0.464 e. The van der Waals surface area contributed by atoms with Crippen LogP contribution in [0, 0.1) is 0 Å². The minimum Gasteiger partial charge on any atom is -0.464 e. The summed E-state index contributed by atoms with van der Waals surface area (Å²) in [6, 6.07) is 3.98. The van der Waals surface area contributed by atoms with Crippen molar-refractivity contribution in [3.63, 3.8) is 0 Å². The van der Waals surface area contributed by atoms with Crippen molar-refractivity contribution < 1.29 is 9.15 Å². The van der Waals surface area contributed by atoms with E-state index in [9.17, 15) is 0 Å². The Bertz CT molecular complexity index is 295. The second-order valence-electron chi connectivity index (χ2n) is 3.69. The van der Waals surface area contributed by atoms with Gasteiger partial charge < -0.3 is 14.9 Å². The van der Waals surface area contributed by atoms with E-state index in [2.05, 4.69) is 0 Å². The average molecular weight is 227 g/mol. The molecule has 2 rings (SSSR count). The summed E-state index contributed by atoms with van der Waals surface area (Å²) in [5, 5.41) is 0.727. The lowest BCUT2D eigenvalue weighted by Crippen LogP contribution is -2.17. The Kier molecular flexibility index (Phi) is 4.11. The van der Waals surface area contributed by atoms with Crippen molar-refractivity contribution in [1.82, 2.24) is 0 Å². The highest BCUT2D eigenvalue weighted by atomic mass is 32.2. The summed E-state index contributed by atoms with van der Waals surface area (Å²) in [7, 11) is 0. The number of thioether (sulfide) groups is 1. The van der Waals surface area contributed by atoms with Gasteiger partial charge in [-0.25, -0.2) is 0 Å². The summed E-state index contributed by atoms with van der Waals surface area (Å²) >= 11 is 1.96. The first-order chi connectivity index (χ1) is 7.38. The van der Waals surface area contributed by atoms with Crippen LogP contribution in [0.15, 0.2) is 16.5 Å². The van der Waals surface area contributed by atoms with Gasteiger partial charge in [-0.15, -0.1) is 0 Å². The summed E-state index contributed by atoms with van der Waals surface area (Å²) in [5.41, 5.74) is 5.49. The lowest BCUT2D eigenvalue weighted by atomic mass is 10.2. The van der Waals surface area contributed by atoms with E-state index >= 15 is 0 Å². The minimum atomic E-state index is 0.488. The Labute approximate surface area is 94.4 Å². The van der Waals surface area contributed by atoms with Crippen LogP contribution in [0.3, 0.4) is 0 Å². The highest BCUT2D eigenvalue weighted by Gasteiger charge is 2.14. The van der Waals surface area contributed by atoms with Crippen molar-refractivity contribution in [3.05, 3.63) is 23.7 Å². The third-order valence-corrected chi connectivity index (χ3v) is 3.94. The molecule has 84 valence electrons. The van der Waals surface area contributed by atoms with Crippen molar-refractivity contribution >= 4 is 11.8 Å². The molecule has 1 aromatic heterocycles. The van der Waals surface area contributed by atoms with Gasteiger partial charge in [0.05, 0.1) is 12.3 Å². The molecule has 0 aromatic carbocycles. The van der Waals surface area contributed by atoms with Gasteiger partial charge in [-0.3, -0.25) is 0 Å². The predicted molar refractivity (Wildman–Crippen MR) is 61.7 cm³/mol. The molecule has 2 N–H and O–H groups in total. The van der Waals surface area contributed by atoms with Gasteiger partial charge in [0.25, 0.3) is 0 Å². The normalized spacial score (nSPS) is 18.2. The molecule has 0 spiro atoms. The maximum Gasteiger partial charge on any atom is 0.117 e. The van der Waals surface area contributed by atoms with Crippen LogP contribution in [0.2, 0.25) is 0 Å². The third-order valence-electron chi connectivity index (χ3n) is 2.55. The van der Waals surface area contributed by atoms with Gasteiger partial charge in [0.15, 0.2) is 0 Å². The summed E-state index contributed by atoms with van der Waals surface area (Å²) in [6.45, 7) is 2.30. The number of furan rings is 1. The molecule has 0 saturated carbocycles. The van der Waals surface area contributed by atoms with Crippen molar-refractivity contribution in [1.29, 1.82) is 0 Å². The molecule has 1 aliphatic rings. The van der Waals surface area contributed by atoms with Crippen LogP contribution in [0.5, 0.6) is 0 Å². The maximum atomic E-state index is 5.55. The fourth-order valence-electron chi connectivity index (χ4n) is 1.65. The topological polar surface area (TPSA) is 48.4 Å². The van der Waals surface area contributed by atoms with E-state index in [-0.39, 0.29) is 0 Å². The van der Waals surface area contributed by atoms with Crippen LogP contribution in [-0.4, -0.2) is 18.5 Å². The Hall–Kier alpha value is -0.450. The first kappa shape index (κ1) is 11.0. The number of rotatable bonds is 4. The van der Waals surface area contributed by atoms with Gasteiger partial charge >= 0.3 is 0 Å². The molecule has 1 fully saturated rings. The number of hydrogen-bond acceptors (Lipinski definition) is 4. The summed E-state index contributed by atoms with van der Waals surface area (Å²) in [6.07, 6.45) is 2.32. The van der Waals surface area contributed by atoms with E-state index in [1.165, 1.54) is 0 Å². The molecule has 0 bridgehead atoms. The summed E-state index contributed by atoms with van der Waals surface area (Å²) in [5.74, 6) is 2.86. The fourth-order valence-corrected chi connectivity index (χ4v) is 2.73. The minimum absolute atomic E-state index is 0.488. The van der Waals surface area contributed by atoms with Crippen LogP contribution in [0.25, 0.3) is 0 Å². The zero-order valence-corrected chi connectivity index (χ0v) is 9.59. The van der Waals surface area contributed by atoms with Gasteiger partial charge in [-0.2, -0.15) is 11.8 Å². The lowest BCUT2D eigenvalue weighted by molar-refractivity contribution is 0.1000. The third kappa shape index (κ3) is 3.26. The Morgan fingerprint density at radius 1 is 1.27 bits per heavy atom. The number of ether oxygens (including phenoxy) is 1. The highest BCUT2D eigenvalue weighted by Crippen LogP contribution is 2.26. The number of hydrogen-bond donors (Lipinski definition) is 1. The summed E-state index contributed by atoms with van der Waals surface area (Å²) < 4.78 is 10.9. The van der Waals surface area contributed by atoms with Crippen LogP contribution < -0.4 is 5.73 Å². The molecule has 1 aromatic rings. The van der Waals surface area contributed by atoms with Crippen LogP contribution in [0.1, 0.15) is 24.4 Å². The molecular weight excluding hydrogens is 210 g/mol. The first-order valence-electron chi connectivity index (χ1n) is 5.35. The van der Waals surface area contributed by atoms with E-state index in [0.29, 0.717) is 6.54 Å². The monoisotopic (exact) mass is 227 g/mol. The molecule has 0 unspecified atom stereocenters. The average Bonchev–Trinajstić information content (AvgIpc) is 2.76. The molecule has 1 aliphatic heterocycles. The molecule has 0 amide bonds. The quantitative estimate of drug-likeness (QED) is 0.856. The summed E-state index contributed by atoms with van der Waals surface area (Å²) in [4.78, 5) is 0. The molecule has 4 heteroatoms. The Morgan fingerprint density at radius 3 is 2.67 bits per heavy atom. The van der Waals surface area contributed by atoms with E-state index < -0.39 is 0 Å². The molecule has 0 atom stereocenters. The highest BCUT2D eigenvalue weighted by molar-refractivity contribution is 7.99. The molecule has 0 aliphatic carbocycles. The van der Waals surface area contributed by atoms with E-state index in [1.54, 1.807) is 0 Å². The van der Waals surface area contributed by atoms with Crippen LogP contribution in [0.4, 0.5) is 0 Å². The molecule has 15 heavy (non-hydrogen) atoms. The first-order valence-corrected chi connectivity index (χ1v) is 6.40. The van der Waals surface area contributed by atoms with Gasteiger partial charge in [-0.05, 0) is 25.0 Å². The molecule has 2 heterocycles. The van der Waals surface area contributed by atoms with Gasteiger partial charge in [0, 0.05) is 18.5 Å². The Balaban J connectivity index is 1.76. The second kappa shape index (κ2) is 5.58. The van der Waals surface area contributed by atoms with Crippen LogP contribution in [-0.2, 0) is 17.0 Å². The van der Waals surface area contributed by atoms with Gasteiger partial charge in [-0.1, -0.05) is 0 Å². The van der Waals surface area contributed by atoms with E-state index in [0.717, 1.165) is 48.6 Å². The smallest absolute Gasteiger partial charge is 0.117 e. The molecular formula is C11H17NO2S. The maximum absolute atomic E-state index is 5.55. The Morgan fingerprint density at radius 2 is 2.00 bits per heavy atom. The van der Waals surface area contributed by atoms with E-state index in [4.69, 9.17) is 14.9 Å². The van der Waals surface area contributed by atoms with Gasteiger partial charge in [0.1, 0.15) is 11.5 Å². The lowest BCUT2D eigenvalue weighted by Gasteiger charge is -2.20. The second-order valence-corrected chi connectivity index (χ2v) is 4.98. The standard InChI is InChI=1S/C11H17NO2S/c12-7-9-1-2-10(14-9)8-15-11-3-5-13-6-4-11/h1-2,11H,3-8,12H2. The SMILES string of the molecule is NCc1ccc(CSC2CCOCC2)o1. The fraction of sp³-hybridized carbons (Fsp3) is 0.636. The molecule has 0 radical (unpaired) electrons. The van der Waals surface area contributed by atoms with Crippen molar-refractivity contribution in [2.24, 2.45) is 5.73 Å². The van der Waals surface area contributed by atoms with Crippen molar-refractivity contribution in [3.8, 4) is 0 Å².